The van der Waals surface area contributed by atoms with E-state index in [9.17, 15) is 14.7 Å². The lowest BCUT2D eigenvalue weighted by molar-refractivity contribution is -0.140. The van der Waals surface area contributed by atoms with Crippen molar-refractivity contribution in [3.63, 3.8) is 0 Å². The molecule has 2 aromatic heterocycles. The van der Waals surface area contributed by atoms with E-state index in [4.69, 9.17) is 4.74 Å². The smallest absolute Gasteiger partial charge is 0.412 e. The number of aliphatic carboxylic acids is 1. The Bertz CT molecular complexity index is 1780. The molecule has 0 aliphatic heterocycles. The number of rotatable bonds is 7. The van der Waals surface area contributed by atoms with Gasteiger partial charge in [-0.2, -0.15) is 5.10 Å². The fraction of sp³-hybridized carbons (Fsp3) is 0.161. The van der Waals surface area contributed by atoms with Crippen LogP contribution in [0.3, 0.4) is 0 Å². The SMILES string of the molecule is C[C@@H](OC(=O)Nc1c(-c2cc(F)c(-c3ccc(C4(C(=O)O)CC4)cc3)cc2F)nn2cccnc12)c1ccccc1. The number of fused-ring (bicyclic) bond motifs is 1. The standard InChI is InChI=1S/C31H24F2N4O4/c1-18(19-6-3-2-4-7-19)41-30(40)35-27-26(36-37-15-5-14-34-28(27)37)23-17-24(32)22(16-25(23)33)20-8-10-21(11-9-20)31(12-13-31)29(38)39/h2-11,14-18H,12-13H2,1H3,(H,35,40)(H,38,39)/t18-/m1/s1. The Balaban J connectivity index is 1.32. The number of aromatic nitrogens is 3. The lowest BCUT2D eigenvalue weighted by Gasteiger charge is -2.14. The zero-order valence-corrected chi connectivity index (χ0v) is 21.8. The van der Waals surface area contributed by atoms with E-state index in [0.29, 0.717) is 24.0 Å². The van der Waals surface area contributed by atoms with Gasteiger partial charge in [0.2, 0.25) is 0 Å². The summed E-state index contributed by atoms with van der Waals surface area (Å²) in [6.45, 7) is 1.72. The van der Waals surface area contributed by atoms with E-state index in [1.165, 1.54) is 10.7 Å². The summed E-state index contributed by atoms with van der Waals surface area (Å²) in [6, 6.07) is 19.3. The fourth-order valence-corrected chi connectivity index (χ4v) is 4.94. The van der Waals surface area contributed by atoms with Crippen LogP contribution in [0, 0.1) is 11.6 Å². The maximum Gasteiger partial charge on any atom is 0.412 e. The predicted octanol–water partition coefficient (Wildman–Crippen LogP) is 6.77. The molecule has 1 saturated carbocycles. The lowest BCUT2D eigenvalue weighted by Crippen LogP contribution is -2.19. The first-order chi connectivity index (χ1) is 19.8. The Morgan fingerprint density at radius 3 is 2.37 bits per heavy atom. The van der Waals surface area contributed by atoms with Gasteiger partial charge in [0.25, 0.3) is 0 Å². The summed E-state index contributed by atoms with van der Waals surface area (Å²) in [5.41, 5.74) is 1.00. The normalized spacial score (nSPS) is 14.4. The second kappa shape index (κ2) is 10.1. The molecule has 1 atom stereocenters. The van der Waals surface area contributed by atoms with Gasteiger partial charge >= 0.3 is 12.1 Å². The van der Waals surface area contributed by atoms with Crippen LogP contribution in [0.15, 0.2) is 85.2 Å². The number of benzene rings is 3. The van der Waals surface area contributed by atoms with Gasteiger partial charge in [-0.25, -0.2) is 23.1 Å². The quantitative estimate of drug-likeness (QED) is 0.230. The van der Waals surface area contributed by atoms with Crippen molar-refractivity contribution >= 4 is 23.4 Å². The second-order valence-electron chi connectivity index (χ2n) is 9.97. The van der Waals surface area contributed by atoms with Crippen LogP contribution in [0.4, 0.5) is 19.3 Å². The number of anilines is 1. The minimum Gasteiger partial charge on any atom is -0.481 e. The van der Waals surface area contributed by atoms with Crippen LogP contribution in [0.25, 0.3) is 28.0 Å². The number of nitrogens with one attached hydrogen (secondary N) is 1. The Morgan fingerprint density at radius 1 is 1.00 bits per heavy atom. The number of ether oxygens (including phenoxy) is 1. The number of carbonyl (C=O) groups is 2. The van der Waals surface area contributed by atoms with Gasteiger partial charge in [0.15, 0.2) is 5.65 Å². The summed E-state index contributed by atoms with van der Waals surface area (Å²) < 4.78 is 37.9. The van der Waals surface area contributed by atoms with Crippen molar-refractivity contribution in [2.45, 2.75) is 31.3 Å². The summed E-state index contributed by atoms with van der Waals surface area (Å²) in [5.74, 6) is -2.38. The van der Waals surface area contributed by atoms with E-state index in [-0.39, 0.29) is 28.2 Å². The topological polar surface area (TPSA) is 106 Å². The highest BCUT2D eigenvalue weighted by Gasteiger charge is 2.51. The Hall–Kier alpha value is -5.12. The maximum atomic E-state index is 15.6. The third kappa shape index (κ3) is 4.77. The predicted molar refractivity (Wildman–Crippen MR) is 147 cm³/mol. The minimum atomic E-state index is -0.896. The Labute approximate surface area is 233 Å². The molecule has 1 aliphatic carbocycles. The Kier molecular flexibility index (Phi) is 6.45. The summed E-state index contributed by atoms with van der Waals surface area (Å²) in [4.78, 5) is 28.7. The molecule has 5 aromatic rings. The molecule has 6 rings (SSSR count). The largest absolute Gasteiger partial charge is 0.481 e. The molecule has 3 aromatic carbocycles. The first-order valence-electron chi connectivity index (χ1n) is 13.0. The molecule has 8 nitrogen and oxygen atoms in total. The Morgan fingerprint density at radius 2 is 1.68 bits per heavy atom. The molecular formula is C31H24F2N4O4. The van der Waals surface area contributed by atoms with E-state index < -0.39 is 35.2 Å². The number of nitrogens with zero attached hydrogens (tertiary/aromatic N) is 3. The molecule has 0 spiro atoms. The van der Waals surface area contributed by atoms with Gasteiger partial charge in [-0.3, -0.25) is 10.1 Å². The molecule has 0 radical (unpaired) electrons. The molecule has 2 heterocycles. The van der Waals surface area contributed by atoms with E-state index in [1.807, 2.05) is 30.3 Å². The first kappa shape index (κ1) is 26.1. The molecule has 10 heteroatoms. The summed E-state index contributed by atoms with van der Waals surface area (Å²) in [7, 11) is 0. The van der Waals surface area contributed by atoms with Gasteiger partial charge in [0.1, 0.15) is 29.1 Å². The first-order valence-corrected chi connectivity index (χ1v) is 13.0. The molecule has 1 fully saturated rings. The highest BCUT2D eigenvalue weighted by Crippen LogP contribution is 2.48. The molecular weight excluding hydrogens is 530 g/mol. The molecule has 0 bridgehead atoms. The van der Waals surface area contributed by atoms with E-state index in [1.54, 1.807) is 43.5 Å². The van der Waals surface area contributed by atoms with Crippen LogP contribution in [0.1, 0.15) is 37.0 Å². The van der Waals surface area contributed by atoms with Gasteiger partial charge in [-0.1, -0.05) is 54.6 Å². The molecule has 1 amide bonds. The molecule has 0 unspecified atom stereocenters. The zero-order valence-electron chi connectivity index (χ0n) is 21.8. The second-order valence-corrected chi connectivity index (χ2v) is 9.97. The van der Waals surface area contributed by atoms with Crippen molar-refractivity contribution < 1.29 is 28.2 Å². The third-order valence-corrected chi connectivity index (χ3v) is 7.39. The van der Waals surface area contributed by atoms with E-state index in [2.05, 4.69) is 15.4 Å². The highest BCUT2D eigenvalue weighted by atomic mass is 19.1. The molecule has 1 aliphatic rings. The average molecular weight is 555 g/mol. The fourth-order valence-electron chi connectivity index (χ4n) is 4.94. The van der Waals surface area contributed by atoms with Gasteiger partial charge in [0, 0.05) is 23.5 Å². The molecule has 41 heavy (non-hydrogen) atoms. The van der Waals surface area contributed by atoms with E-state index >= 15 is 8.78 Å². The maximum absolute atomic E-state index is 15.6. The van der Waals surface area contributed by atoms with Crippen molar-refractivity contribution in [1.82, 2.24) is 14.6 Å². The van der Waals surface area contributed by atoms with Crippen LogP contribution >= 0.6 is 0 Å². The number of carboxylic acids is 1. The van der Waals surface area contributed by atoms with Gasteiger partial charge in [-0.05, 0) is 54.7 Å². The zero-order chi connectivity index (χ0) is 28.7. The lowest BCUT2D eigenvalue weighted by atomic mass is 9.93. The van der Waals surface area contributed by atoms with Crippen molar-refractivity contribution in [2.75, 3.05) is 5.32 Å². The van der Waals surface area contributed by atoms with Crippen molar-refractivity contribution in [2.24, 2.45) is 0 Å². The average Bonchev–Trinajstić information content (AvgIpc) is 3.72. The van der Waals surface area contributed by atoms with Gasteiger partial charge in [0.05, 0.1) is 5.41 Å². The number of carbonyl (C=O) groups excluding carboxylic acids is 1. The molecule has 0 saturated heterocycles. The highest BCUT2D eigenvalue weighted by molar-refractivity contribution is 5.97. The number of hydrogen-bond donors (Lipinski definition) is 2. The number of hydrogen-bond acceptors (Lipinski definition) is 5. The van der Waals surface area contributed by atoms with Crippen molar-refractivity contribution in [3.8, 4) is 22.4 Å². The third-order valence-electron chi connectivity index (χ3n) is 7.39. The van der Waals surface area contributed by atoms with Crippen LogP contribution in [0.2, 0.25) is 0 Å². The number of carboxylic acid groups (broad SMARTS) is 1. The number of halogens is 2. The van der Waals surface area contributed by atoms with Gasteiger partial charge in [-0.15, -0.1) is 0 Å². The summed E-state index contributed by atoms with van der Waals surface area (Å²) in [6.07, 6.45) is 2.77. The summed E-state index contributed by atoms with van der Waals surface area (Å²) in [5, 5.41) is 16.5. The van der Waals surface area contributed by atoms with E-state index in [0.717, 1.165) is 17.7 Å². The molecule has 2 N–H and O–H groups in total. The number of amides is 1. The minimum absolute atomic E-state index is 0.00506. The van der Waals surface area contributed by atoms with Crippen LogP contribution in [0.5, 0.6) is 0 Å². The monoisotopic (exact) mass is 554 g/mol. The van der Waals surface area contributed by atoms with Crippen LogP contribution in [-0.4, -0.2) is 31.8 Å². The van der Waals surface area contributed by atoms with Crippen LogP contribution in [-0.2, 0) is 14.9 Å². The van der Waals surface area contributed by atoms with Crippen molar-refractivity contribution in [3.05, 3.63) is 108 Å². The van der Waals surface area contributed by atoms with Gasteiger partial charge < -0.3 is 9.84 Å². The summed E-state index contributed by atoms with van der Waals surface area (Å²) >= 11 is 0. The molecule has 206 valence electrons. The van der Waals surface area contributed by atoms with Crippen molar-refractivity contribution in [1.29, 1.82) is 0 Å². The van der Waals surface area contributed by atoms with Crippen LogP contribution < -0.4 is 5.32 Å².